The van der Waals surface area contributed by atoms with Crippen molar-refractivity contribution in [2.75, 3.05) is 19.6 Å². The molecule has 1 aliphatic heterocycles. The first kappa shape index (κ1) is 21.8. The number of benzene rings is 2. The summed E-state index contributed by atoms with van der Waals surface area (Å²) in [5, 5.41) is 12.9. The van der Waals surface area contributed by atoms with E-state index in [9.17, 15) is 4.79 Å². The average Bonchev–Trinajstić information content (AvgIpc) is 3.57. The van der Waals surface area contributed by atoms with Crippen molar-refractivity contribution >= 4 is 12.0 Å². The molecular weight excluding hydrogens is 384 g/mol. The molecule has 2 fully saturated rings. The molecule has 2 aromatic carbocycles. The van der Waals surface area contributed by atoms with Gasteiger partial charge in [0.05, 0.1) is 5.56 Å². The summed E-state index contributed by atoms with van der Waals surface area (Å²) in [5.41, 5.74) is 4.44. The van der Waals surface area contributed by atoms with Gasteiger partial charge in [-0.3, -0.25) is 4.90 Å². The number of carboxylic acid groups (broad SMARTS) is 1. The van der Waals surface area contributed by atoms with Gasteiger partial charge in [0.1, 0.15) is 0 Å². The summed E-state index contributed by atoms with van der Waals surface area (Å²) in [6.07, 6.45) is 7.26. The van der Waals surface area contributed by atoms with Gasteiger partial charge in [-0.05, 0) is 80.4 Å². The van der Waals surface area contributed by atoms with Crippen molar-refractivity contribution in [1.82, 2.24) is 10.2 Å². The van der Waals surface area contributed by atoms with E-state index in [0.717, 1.165) is 38.5 Å². The Balaban J connectivity index is 1.18. The fourth-order valence-electron chi connectivity index (χ4n) is 4.74. The van der Waals surface area contributed by atoms with Crippen LogP contribution in [0.1, 0.15) is 54.1 Å². The van der Waals surface area contributed by atoms with E-state index in [1.807, 2.05) is 12.1 Å². The van der Waals surface area contributed by atoms with Crippen LogP contribution < -0.4 is 5.32 Å². The molecule has 1 unspecified atom stereocenters. The monoisotopic (exact) mass is 418 g/mol. The predicted molar refractivity (Wildman–Crippen MR) is 126 cm³/mol. The van der Waals surface area contributed by atoms with Crippen molar-refractivity contribution in [2.24, 2.45) is 11.8 Å². The maximum atomic E-state index is 11.0. The van der Waals surface area contributed by atoms with E-state index in [2.05, 4.69) is 53.5 Å². The molecule has 164 valence electrons. The van der Waals surface area contributed by atoms with Crippen LogP contribution in [0, 0.1) is 11.8 Å². The molecule has 31 heavy (non-hydrogen) atoms. The average molecular weight is 419 g/mol. The third-order valence-electron chi connectivity index (χ3n) is 6.81. The van der Waals surface area contributed by atoms with Gasteiger partial charge in [0, 0.05) is 12.6 Å². The molecule has 0 spiro atoms. The van der Waals surface area contributed by atoms with Crippen LogP contribution in [-0.4, -0.2) is 41.7 Å². The molecule has 2 atom stereocenters. The van der Waals surface area contributed by atoms with Crippen LogP contribution in [-0.2, 0) is 6.54 Å². The van der Waals surface area contributed by atoms with Crippen LogP contribution in [0.2, 0.25) is 0 Å². The van der Waals surface area contributed by atoms with E-state index in [4.69, 9.17) is 5.11 Å². The number of likely N-dealkylation sites (tertiary alicyclic amines) is 1. The molecule has 4 nitrogen and oxygen atoms in total. The van der Waals surface area contributed by atoms with Gasteiger partial charge in [-0.25, -0.2) is 4.79 Å². The summed E-state index contributed by atoms with van der Waals surface area (Å²) < 4.78 is 0. The minimum atomic E-state index is -0.862. The van der Waals surface area contributed by atoms with E-state index in [1.54, 1.807) is 17.7 Å². The van der Waals surface area contributed by atoms with Crippen LogP contribution in [0.15, 0.2) is 60.2 Å². The summed E-state index contributed by atoms with van der Waals surface area (Å²) in [6, 6.07) is 18.6. The zero-order valence-electron chi connectivity index (χ0n) is 18.5. The van der Waals surface area contributed by atoms with Gasteiger partial charge in [-0.15, -0.1) is 0 Å². The molecule has 0 radical (unpaired) electrons. The normalized spacial score (nSPS) is 22.4. The number of nitrogens with zero attached hydrogens (tertiary/aromatic N) is 1. The molecule has 1 heterocycles. The molecule has 2 aromatic rings. The standard InChI is InChI=1S/C27H34N2O2/c1-2-23(16-20-6-4-3-5-7-20)25-17-26(25)28-18-21-12-14-29(15-13-21)19-22-8-10-24(11-9-22)27(30)31/h3-11,16,21,25-26,28H,2,12-15,17-19H2,1H3,(H,30,31)/b23-16+/t25-,26?/m0/s1. The Kier molecular flexibility index (Phi) is 7.21. The first-order valence-electron chi connectivity index (χ1n) is 11.7. The molecule has 0 bridgehead atoms. The Labute approximate surface area is 186 Å². The topological polar surface area (TPSA) is 52.6 Å². The highest BCUT2D eigenvalue weighted by Gasteiger charge is 2.39. The van der Waals surface area contributed by atoms with Crippen LogP contribution in [0.4, 0.5) is 0 Å². The van der Waals surface area contributed by atoms with Crippen molar-refractivity contribution in [2.45, 2.75) is 45.2 Å². The summed E-state index contributed by atoms with van der Waals surface area (Å²) in [4.78, 5) is 13.5. The highest BCUT2D eigenvalue weighted by atomic mass is 16.4. The number of hydrogen-bond donors (Lipinski definition) is 2. The van der Waals surface area contributed by atoms with E-state index < -0.39 is 5.97 Å². The quantitative estimate of drug-likeness (QED) is 0.597. The Bertz CT molecular complexity index is 883. The van der Waals surface area contributed by atoms with E-state index in [1.165, 1.54) is 30.4 Å². The molecule has 0 aromatic heterocycles. The summed E-state index contributed by atoms with van der Waals surface area (Å²) >= 11 is 0. The predicted octanol–water partition coefficient (Wildman–Crippen LogP) is 5.07. The van der Waals surface area contributed by atoms with Crippen molar-refractivity contribution in [3.05, 3.63) is 76.9 Å². The lowest BCUT2D eigenvalue weighted by molar-refractivity contribution is 0.0697. The molecule has 2 aliphatic rings. The molecule has 1 saturated heterocycles. The number of carboxylic acids is 1. The smallest absolute Gasteiger partial charge is 0.335 e. The lowest BCUT2D eigenvalue weighted by atomic mass is 9.96. The lowest BCUT2D eigenvalue weighted by Crippen LogP contribution is -2.37. The molecule has 4 heteroatoms. The summed E-state index contributed by atoms with van der Waals surface area (Å²) in [5.74, 6) is 0.605. The van der Waals surface area contributed by atoms with Gasteiger partial charge in [0.25, 0.3) is 0 Å². The molecule has 1 aliphatic carbocycles. The second kappa shape index (κ2) is 10.3. The number of carbonyl (C=O) groups is 1. The van der Waals surface area contributed by atoms with Gasteiger partial charge in [0.2, 0.25) is 0 Å². The Morgan fingerprint density at radius 3 is 2.45 bits per heavy atom. The van der Waals surface area contributed by atoms with E-state index in [-0.39, 0.29) is 0 Å². The zero-order chi connectivity index (χ0) is 21.6. The number of hydrogen-bond acceptors (Lipinski definition) is 3. The minimum absolute atomic E-state index is 0.358. The second-order valence-electron chi connectivity index (χ2n) is 9.06. The van der Waals surface area contributed by atoms with E-state index in [0.29, 0.717) is 17.5 Å². The highest BCUT2D eigenvalue weighted by Crippen LogP contribution is 2.40. The first-order valence-corrected chi connectivity index (χ1v) is 11.7. The Hall–Kier alpha value is -2.43. The van der Waals surface area contributed by atoms with Crippen LogP contribution in [0.3, 0.4) is 0 Å². The molecule has 1 saturated carbocycles. The molecule has 4 rings (SSSR count). The van der Waals surface area contributed by atoms with Gasteiger partial charge >= 0.3 is 5.97 Å². The number of rotatable bonds is 9. The largest absolute Gasteiger partial charge is 0.478 e. The van der Waals surface area contributed by atoms with Crippen molar-refractivity contribution in [1.29, 1.82) is 0 Å². The van der Waals surface area contributed by atoms with Gasteiger partial charge in [0.15, 0.2) is 0 Å². The highest BCUT2D eigenvalue weighted by molar-refractivity contribution is 5.87. The van der Waals surface area contributed by atoms with Gasteiger partial charge in [-0.2, -0.15) is 0 Å². The van der Waals surface area contributed by atoms with E-state index >= 15 is 0 Å². The summed E-state index contributed by atoms with van der Waals surface area (Å²) in [7, 11) is 0. The third kappa shape index (κ3) is 6.05. The van der Waals surface area contributed by atoms with Crippen LogP contribution in [0.5, 0.6) is 0 Å². The second-order valence-corrected chi connectivity index (χ2v) is 9.06. The van der Waals surface area contributed by atoms with Gasteiger partial charge < -0.3 is 10.4 Å². The van der Waals surface area contributed by atoms with Crippen LogP contribution in [0.25, 0.3) is 6.08 Å². The van der Waals surface area contributed by atoms with Crippen molar-refractivity contribution in [3.63, 3.8) is 0 Å². The molecule has 0 amide bonds. The number of piperidine rings is 1. The zero-order valence-corrected chi connectivity index (χ0v) is 18.5. The molecular formula is C27H34N2O2. The fourth-order valence-corrected chi connectivity index (χ4v) is 4.74. The maximum Gasteiger partial charge on any atom is 0.335 e. The first-order chi connectivity index (χ1) is 15.1. The van der Waals surface area contributed by atoms with Crippen molar-refractivity contribution in [3.8, 4) is 0 Å². The van der Waals surface area contributed by atoms with Gasteiger partial charge in [-0.1, -0.05) is 61.0 Å². The summed E-state index contributed by atoms with van der Waals surface area (Å²) in [6.45, 7) is 6.55. The Morgan fingerprint density at radius 2 is 1.81 bits per heavy atom. The fraction of sp³-hybridized carbons (Fsp3) is 0.444. The minimum Gasteiger partial charge on any atom is -0.478 e. The third-order valence-corrected chi connectivity index (χ3v) is 6.81. The molecule has 2 N–H and O–H groups in total. The Morgan fingerprint density at radius 1 is 1.10 bits per heavy atom. The number of nitrogens with one attached hydrogen (secondary N) is 1. The maximum absolute atomic E-state index is 11.0. The SMILES string of the molecule is CC/C(=C\c1ccccc1)[C@@H]1CC1NCC1CCN(Cc2ccc(C(=O)O)cc2)CC1. The van der Waals surface area contributed by atoms with Crippen molar-refractivity contribution < 1.29 is 9.90 Å². The number of aromatic carboxylic acids is 1. The van der Waals surface area contributed by atoms with Crippen LogP contribution >= 0.6 is 0 Å². The lowest BCUT2D eigenvalue weighted by Gasteiger charge is -2.32.